The van der Waals surface area contributed by atoms with Gasteiger partial charge in [0.2, 0.25) is 0 Å². The van der Waals surface area contributed by atoms with Crippen LogP contribution < -0.4 is 0 Å². The molecule has 0 spiro atoms. The van der Waals surface area contributed by atoms with Crippen LogP contribution in [0.25, 0.3) is 0 Å². The fraction of sp³-hybridized carbons (Fsp3) is 0.789. The molecular formula is C19H31N3O3. The standard InChI is InChI=1S/C19H31N3O3/c1-14-11-15(2)22(20-14)12-17-7-4-5-9-21(17)19(23)16(3)25-13-18-8-6-10-24-18/h11,16-18H,4-10,12-13H2,1-3H3. The van der Waals surface area contributed by atoms with Crippen LogP contribution in [-0.2, 0) is 20.8 Å². The molecule has 25 heavy (non-hydrogen) atoms. The van der Waals surface area contributed by atoms with Crippen LogP contribution in [0.2, 0.25) is 0 Å². The molecule has 140 valence electrons. The summed E-state index contributed by atoms with van der Waals surface area (Å²) in [6.07, 6.45) is 5.13. The van der Waals surface area contributed by atoms with Crippen LogP contribution in [0.1, 0.15) is 50.4 Å². The molecule has 1 aromatic heterocycles. The average molecular weight is 349 g/mol. The van der Waals surface area contributed by atoms with E-state index < -0.39 is 6.10 Å². The molecule has 0 aromatic carbocycles. The van der Waals surface area contributed by atoms with Crippen molar-refractivity contribution in [2.24, 2.45) is 0 Å². The minimum absolute atomic E-state index is 0.101. The molecule has 1 amide bonds. The van der Waals surface area contributed by atoms with E-state index in [0.717, 1.165) is 56.8 Å². The molecule has 0 aliphatic carbocycles. The van der Waals surface area contributed by atoms with Gasteiger partial charge < -0.3 is 14.4 Å². The number of piperidine rings is 1. The Morgan fingerprint density at radius 1 is 1.36 bits per heavy atom. The van der Waals surface area contributed by atoms with Crippen molar-refractivity contribution in [1.29, 1.82) is 0 Å². The van der Waals surface area contributed by atoms with E-state index in [-0.39, 0.29) is 18.1 Å². The first-order chi connectivity index (χ1) is 12.0. The van der Waals surface area contributed by atoms with Crippen molar-refractivity contribution >= 4 is 5.91 Å². The van der Waals surface area contributed by atoms with Crippen LogP contribution in [0, 0.1) is 13.8 Å². The number of nitrogens with zero attached hydrogens (tertiary/aromatic N) is 3. The van der Waals surface area contributed by atoms with E-state index in [4.69, 9.17) is 9.47 Å². The molecule has 2 aliphatic heterocycles. The predicted octanol–water partition coefficient (Wildman–Crippen LogP) is 2.47. The van der Waals surface area contributed by atoms with E-state index in [1.165, 1.54) is 6.42 Å². The van der Waals surface area contributed by atoms with Gasteiger partial charge >= 0.3 is 0 Å². The normalized spacial score (nSPS) is 25.3. The third-order valence-electron chi connectivity index (χ3n) is 5.30. The quantitative estimate of drug-likeness (QED) is 0.792. The smallest absolute Gasteiger partial charge is 0.251 e. The second kappa shape index (κ2) is 8.32. The molecule has 3 rings (SSSR count). The lowest BCUT2D eigenvalue weighted by Crippen LogP contribution is -2.50. The predicted molar refractivity (Wildman–Crippen MR) is 95.4 cm³/mol. The van der Waals surface area contributed by atoms with Gasteiger partial charge in [0, 0.05) is 18.8 Å². The first-order valence-electron chi connectivity index (χ1n) is 9.59. The minimum Gasteiger partial charge on any atom is -0.376 e. The number of amides is 1. The summed E-state index contributed by atoms with van der Waals surface area (Å²) in [5.41, 5.74) is 2.18. The summed E-state index contributed by atoms with van der Waals surface area (Å²) in [4.78, 5) is 14.9. The van der Waals surface area contributed by atoms with Gasteiger partial charge in [0.1, 0.15) is 6.10 Å². The minimum atomic E-state index is -0.412. The van der Waals surface area contributed by atoms with Crippen LogP contribution in [0.5, 0.6) is 0 Å². The number of carbonyl (C=O) groups excluding carboxylic acids is 1. The fourth-order valence-corrected chi connectivity index (χ4v) is 3.87. The number of aromatic nitrogens is 2. The van der Waals surface area contributed by atoms with Gasteiger partial charge in [-0.05, 0) is 58.9 Å². The lowest BCUT2D eigenvalue weighted by molar-refractivity contribution is -0.148. The van der Waals surface area contributed by atoms with Gasteiger partial charge in [-0.1, -0.05) is 0 Å². The van der Waals surface area contributed by atoms with Crippen LogP contribution >= 0.6 is 0 Å². The van der Waals surface area contributed by atoms with Crippen molar-refractivity contribution in [3.8, 4) is 0 Å². The number of aryl methyl sites for hydroxylation is 2. The Kier molecular flexibility index (Phi) is 6.12. The molecule has 2 aliphatic rings. The summed E-state index contributed by atoms with van der Waals surface area (Å²) < 4.78 is 13.4. The Balaban J connectivity index is 1.58. The van der Waals surface area contributed by atoms with Crippen molar-refractivity contribution in [3.63, 3.8) is 0 Å². The molecule has 6 nitrogen and oxygen atoms in total. The highest BCUT2D eigenvalue weighted by Crippen LogP contribution is 2.21. The SMILES string of the molecule is Cc1cc(C)n(CC2CCCCN2C(=O)C(C)OCC2CCCO2)n1. The molecule has 6 heteroatoms. The monoisotopic (exact) mass is 349 g/mol. The van der Waals surface area contributed by atoms with Gasteiger partial charge in [-0.3, -0.25) is 9.48 Å². The van der Waals surface area contributed by atoms with Crippen LogP contribution in [-0.4, -0.2) is 58.6 Å². The maximum absolute atomic E-state index is 12.9. The number of likely N-dealkylation sites (tertiary alicyclic amines) is 1. The maximum Gasteiger partial charge on any atom is 0.251 e. The highest BCUT2D eigenvalue weighted by Gasteiger charge is 2.31. The van der Waals surface area contributed by atoms with E-state index in [2.05, 4.69) is 18.1 Å². The number of hydrogen-bond donors (Lipinski definition) is 0. The molecule has 0 saturated carbocycles. The Morgan fingerprint density at radius 2 is 2.20 bits per heavy atom. The second-order valence-corrected chi connectivity index (χ2v) is 7.40. The van der Waals surface area contributed by atoms with Crippen molar-refractivity contribution < 1.29 is 14.3 Å². The summed E-state index contributed by atoms with van der Waals surface area (Å²) >= 11 is 0. The van der Waals surface area contributed by atoms with Gasteiger partial charge in [-0.2, -0.15) is 5.10 Å². The van der Waals surface area contributed by atoms with Gasteiger partial charge in [-0.25, -0.2) is 0 Å². The van der Waals surface area contributed by atoms with Gasteiger partial charge in [0.15, 0.2) is 0 Å². The summed E-state index contributed by atoms with van der Waals surface area (Å²) in [7, 11) is 0. The van der Waals surface area contributed by atoms with E-state index in [9.17, 15) is 4.79 Å². The van der Waals surface area contributed by atoms with Crippen LogP contribution in [0.3, 0.4) is 0 Å². The summed E-state index contributed by atoms with van der Waals surface area (Å²) in [5.74, 6) is 0.101. The Morgan fingerprint density at radius 3 is 2.88 bits per heavy atom. The highest BCUT2D eigenvalue weighted by atomic mass is 16.5. The first-order valence-corrected chi connectivity index (χ1v) is 9.59. The van der Waals surface area contributed by atoms with E-state index >= 15 is 0 Å². The summed E-state index contributed by atoms with van der Waals surface area (Å²) in [6.45, 7) is 8.86. The molecular weight excluding hydrogens is 318 g/mol. The number of hydrogen-bond acceptors (Lipinski definition) is 4. The molecule has 3 atom stereocenters. The molecule has 2 saturated heterocycles. The van der Waals surface area contributed by atoms with Gasteiger partial charge in [0.05, 0.1) is 31.0 Å². The van der Waals surface area contributed by atoms with Gasteiger partial charge in [-0.15, -0.1) is 0 Å². The molecule has 2 fully saturated rings. The lowest BCUT2D eigenvalue weighted by atomic mass is 10.0. The fourth-order valence-electron chi connectivity index (χ4n) is 3.87. The van der Waals surface area contributed by atoms with Crippen molar-refractivity contribution in [3.05, 3.63) is 17.5 Å². The zero-order valence-corrected chi connectivity index (χ0v) is 15.7. The molecule has 3 heterocycles. The third-order valence-corrected chi connectivity index (χ3v) is 5.30. The van der Waals surface area contributed by atoms with Crippen LogP contribution in [0.15, 0.2) is 6.07 Å². The lowest BCUT2D eigenvalue weighted by Gasteiger charge is -2.37. The molecule has 1 aromatic rings. The van der Waals surface area contributed by atoms with Crippen molar-refractivity contribution in [2.75, 3.05) is 19.8 Å². The Bertz CT molecular complexity index is 580. The molecule has 0 bridgehead atoms. The van der Waals surface area contributed by atoms with Crippen LogP contribution in [0.4, 0.5) is 0 Å². The summed E-state index contributed by atoms with van der Waals surface area (Å²) in [6, 6.07) is 2.29. The second-order valence-electron chi connectivity index (χ2n) is 7.40. The van der Waals surface area contributed by atoms with Gasteiger partial charge in [0.25, 0.3) is 5.91 Å². The van der Waals surface area contributed by atoms with Crippen molar-refractivity contribution in [2.45, 2.75) is 77.7 Å². The number of carbonyl (C=O) groups is 1. The molecule has 3 unspecified atom stereocenters. The Labute approximate surface area is 150 Å². The van der Waals surface area contributed by atoms with E-state index in [1.807, 2.05) is 23.4 Å². The number of rotatable bonds is 6. The Hall–Kier alpha value is -1.40. The first kappa shape index (κ1) is 18.4. The summed E-state index contributed by atoms with van der Waals surface area (Å²) in [5, 5.41) is 4.56. The third kappa shape index (κ3) is 4.61. The van der Waals surface area contributed by atoms with Crippen molar-refractivity contribution in [1.82, 2.24) is 14.7 Å². The number of ether oxygens (including phenoxy) is 2. The molecule has 0 radical (unpaired) electrons. The zero-order valence-electron chi connectivity index (χ0n) is 15.7. The maximum atomic E-state index is 12.9. The zero-order chi connectivity index (χ0) is 17.8. The van der Waals surface area contributed by atoms with E-state index in [0.29, 0.717) is 6.61 Å². The highest BCUT2D eigenvalue weighted by molar-refractivity contribution is 5.81. The molecule has 0 N–H and O–H groups in total. The van der Waals surface area contributed by atoms with E-state index in [1.54, 1.807) is 0 Å². The topological polar surface area (TPSA) is 56.6 Å². The average Bonchev–Trinajstić information content (AvgIpc) is 3.22. The largest absolute Gasteiger partial charge is 0.376 e.